The number of carbonyl (C=O) groups is 1. The van der Waals surface area contributed by atoms with Crippen molar-refractivity contribution in [2.45, 2.75) is 44.0 Å². The van der Waals surface area contributed by atoms with Crippen LogP contribution in [0.3, 0.4) is 0 Å². The van der Waals surface area contributed by atoms with E-state index in [-0.39, 0.29) is 34.1 Å². The van der Waals surface area contributed by atoms with Crippen LogP contribution in [0, 0.1) is 19.7 Å². The van der Waals surface area contributed by atoms with Crippen LogP contribution in [0.1, 0.15) is 35.1 Å². The highest BCUT2D eigenvalue weighted by Crippen LogP contribution is 2.30. The largest absolute Gasteiger partial charge is 0.468 e. The second-order valence-electron chi connectivity index (χ2n) is 7.84. The van der Waals surface area contributed by atoms with Crippen molar-refractivity contribution < 1.29 is 34.9 Å². The third-order valence-corrected chi connectivity index (χ3v) is 7.77. The fourth-order valence-electron chi connectivity index (χ4n) is 3.53. The van der Waals surface area contributed by atoms with Gasteiger partial charge in [-0.2, -0.15) is 13.1 Å². The lowest BCUT2D eigenvalue weighted by Crippen LogP contribution is -2.45. The minimum atomic E-state index is -4.39. The van der Waals surface area contributed by atoms with Gasteiger partial charge in [-0.3, -0.25) is 8.98 Å². The average molecular weight is 536 g/mol. The molecule has 0 fully saturated rings. The van der Waals surface area contributed by atoms with Crippen molar-refractivity contribution in [1.82, 2.24) is 4.72 Å². The van der Waals surface area contributed by atoms with Crippen molar-refractivity contribution in [1.29, 1.82) is 0 Å². The number of ether oxygens (including phenoxy) is 1. The first-order valence-corrected chi connectivity index (χ1v) is 13.8. The lowest BCUT2D eigenvalue weighted by molar-refractivity contribution is -0.143. The van der Waals surface area contributed by atoms with E-state index in [4.69, 9.17) is 20.5 Å². The molecule has 0 aromatic heterocycles. The first-order chi connectivity index (χ1) is 15.7. The van der Waals surface area contributed by atoms with Gasteiger partial charge in [-0.15, -0.1) is 0 Å². The van der Waals surface area contributed by atoms with Gasteiger partial charge in [0, 0.05) is 10.9 Å². The molecule has 2 aromatic carbocycles. The van der Waals surface area contributed by atoms with Crippen molar-refractivity contribution in [3.05, 3.63) is 63.4 Å². The molecule has 0 radical (unpaired) electrons. The second kappa shape index (κ2) is 11.1. The van der Waals surface area contributed by atoms with E-state index in [2.05, 4.69) is 4.72 Å². The maximum atomic E-state index is 14.7. The molecular weight excluding hydrogens is 509 g/mol. The molecule has 2 aromatic rings. The number of sulfonamides is 1. The van der Waals surface area contributed by atoms with Crippen LogP contribution in [-0.2, 0) is 40.3 Å². The molecule has 0 saturated carbocycles. The fourth-order valence-corrected chi connectivity index (χ4v) is 5.71. The summed E-state index contributed by atoms with van der Waals surface area (Å²) in [5.74, 6) is -2.40. The van der Waals surface area contributed by atoms with Crippen LogP contribution in [0.5, 0.6) is 0 Å². The normalized spacial score (nSPS) is 14.0. The first kappa shape index (κ1) is 28.2. The Morgan fingerprint density at radius 2 is 1.79 bits per heavy atom. The molecule has 2 rings (SSSR count). The Hall–Kier alpha value is -2.05. The average Bonchev–Trinajstić information content (AvgIpc) is 2.74. The number of methoxy groups -OCH3 is 1. The number of benzene rings is 2. The molecule has 188 valence electrons. The zero-order valence-corrected chi connectivity index (χ0v) is 21.8. The quantitative estimate of drug-likeness (QED) is 0.367. The van der Waals surface area contributed by atoms with Gasteiger partial charge in [0.1, 0.15) is 11.9 Å². The molecule has 0 amide bonds. The number of rotatable bonds is 10. The molecular formula is C22H27ClFNO7S2. The summed E-state index contributed by atoms with van der Waals surface area (Å²) in [5.41, 5.74) is 1.76. The number of aryl methyl sites for hydroxylation is 1. The maximum absolute atomic E-state index is 14.7. The number of hydrogen-bond acceptors (Lipinski definition) is 7. The Balaban J connectivity index is 2.48. The molecule has 2 atom stereocenters. The van der Waals surface area contributed by atoms with E-state index in [9.17, 15) is 26.0 Å². The first-order valence-electron chi connectivity index (χ1n) is 10.2. The van der Waals surface area contributed by atoms with Gasteiger partial charge in [-0.1, -0.05) is 30.7 Å². The van der Waals surface area contributed by atoms with E-state index in [0.29, 0.717) is 5.56 Å². The number of nitrogens with one attached hydrogen (secondary N) is 1. The predicted molar refractivity (Wildman–Crippen MR) is 126 cm³/mol. The minimum Gasteiger partial charge on any atom is -0.468 e. The van der Waals surface area contributed by atoms with Crippen molar-refractivity contribution in [3.8, 4) is 0 Å². The summed E-state index contributed by atoms with van der Waals surface area (Å²) >= 11 is 6.01. The van der Waals surface area contributed by atoms with Crippen LogP contribution in [0.15, 0.2) is 35.2 Å². The smallest absolute Gasteiger partial charge is 0.324 e. The van der Waals surface area contributed by atoms with Crippen LogP contribution < -0.4 is 4.72 Å². The summed E-state index contributed by atoms with van der Waals surface area (Å²) < 4.78 is 75.7. The van der Waals surface area contributed by atoms with Gasteiger partial charge >= 0.3 is 5.97 Å². The van der Waals surface area contributed by atoms with Crippen molar-refractivity contribution >= 4 is 37.7 Å². The third-order valence-electron chi connectivity index (χ3n) is 5.41. The van der Waals surface area contributed by atoms with E-state index in [1.54, 1.807) is 19.9 Å². The number of carbonyl (C=O) groups excluding carboxylic acids is 1. The van der Waals surface area contributed by atoms with Gasteiger partial charge in [0.25, 0.3) is 10.1 Å². The Bertz CT molecular complexity index is 1280. The Labute approximate surface area is 204 Å². The fraction of sp³-hybridized carbons (Fsp3) is 0.409. The van der Waals surface area contributed by atoms with E-state index < -0.39 is 43.9 Å². The maximum Gasteiger partial charge on any atom is 0.324 e. The molecule has 8 nitrogen and oxygen atoms in total. The van der Waals surface area contributed by atoms with E-state index in [1.165, 1.54) is 31.2 Å². The minimum absolute atomic E-state index is 0.0649. The summed E-state index contributed by atoms with van der Waals surface area (Å²) in [4.78, 5) is 12.3. The van der Waals surface area contributed by atoms with Gasteiger partial charge < -0.3 is 4.74 Å². The zero-order chi connectivity index (χ0) is 25.8. The predicted octanol–water partition coefficient (Wildman–Crippen LogP) is 3.24. The Morgan fingerprint density at radius 3 is 2.38 bits per heavy atom. The molecule has 0 aliphatic heterocycles. The lowest BCUT2D eigenvalue weighted by Gasteiger charge is -2.26. The van der Waals surface area contributed by atoms with Crippen LogP contribution in [0.4, 0.5) is 4.39 Å². The van der Waals surface area contributed by atoms with E-state index in [0.717, 1.165) is 18.9 Å². The summed E-state index contributed by atoms with van der Waals surface area (Å²) in [5, 5.41) is 0.108. The highest BCUT2D eigenvalue weighted by Gasteiger charge is 2.35. The molecule has 1 N–H and O–H groups in total. The summed E-state index contributed by atoms with van der Waals surface area (Å²) in [7, 11) is -7.01. The molecule has 34 heavy (non-hydrogen) atoms. The van der Waals surface area contributed by atoms with Gasteiger partial charge in [0.05, 0.1) is 24.9 Å². The van der Waals surface area contributed by atoms with Gasteiger partial charge in [0.2, 0.25) is 10.0 Å². The molecule has 0 aliphatic rings. The van der Waals surface area contributed by atoms with Gasteiger partial charge in [-0.05, 0) is 60.7 Å². The van der Waals surface area contributed by atoms with Crippen LogP contribution in [-0.4, -0.2) is 48.8 Å². The standard InChI is InChI=1S/C22H27ClFNO7S2/c1-13-6-9-18(24)20(14(13)2)15(3)21(22(26)31-4)25-34(29,30)19-12-17(23)8-7-16(19)10-11-32-33(5,27)28/h6-9,12,15,21,25H,10-11H2,1-5H3/t15?,21-/m0/s1. The van der Waals surface area contributed by atoms with Crippen LogP contribution >= 0.6 is 11.6 Å². The number of esters is 1. The molecule has 0 saturated heterocycles. The number of hydrogen-bond donors (Lipinski definition) is 1. The highest BCUT2D eigenvalue weighted by atomic mass is 35.5. The third kappa shape index (κ3) is 6.98. The van der Waals surface area contributed by atoms with Crippen molar-refractivity contribution in [3.63, 3.8) is 0 Å². The molecule has 0 spiro atoms. The van der Waals surface area contributed by atoms with E-state index >= 15 is 0 Å². The SMILES string of the molecule is COC(=O)[C@@H](NS(=O)(=O)c1cc(Cl)ccc1CCOS(C)(=O)=O)C(C)c1c(F)ccc(C)c1C. The second-order valence-corrected chi connectivity index (χ2v) is 11.6. The number of halogens is 2. The monoisotopic (exact) mass is 535 g/mol. The van der Waals surface area contributed by atoms with Gasteiger partial charge in [-0.25, -0.2) is 12.8 Å². The van der Waals surface area contributed by atoms with Gasteiger partial charge in [0.15, 0.2) is 0 Å². The Kier molecular flexibility index (Phi) is 9.23. The summed E-state index contributed by atoms with van der Waals surface area (Å²) in [6.45, 7) is 4.68. The zero-order valence-electron chi connectivity index (χ0n) is 19.4. The molecule has 0 aliphatic carbocycles. The molecule has 0 bridgehead atoms. The molecule has 12 heteroatoms. The van der Waals surface area contributed by atoms with Crippen LogP contribution in [0.25, 0.3) is 0 Å². The molecule has 0 heterocycles. The van der Waals surface area contributed by atoms with E-state index in [1.807, 2.05) is 0 Å². The van der Waals surface area contributed by atoms with Crippen molar-refractivity contribution in [2.24, 2.45) is 0 Å². The highest BCUT2D eigenvalue weighted by molar-refractivity contribution is 7.89. The lowest BCUT2D eigenvalue weighted by atomic mass is 9.88. The Morgan fingerprint density at radius 1 is 1.15 bits per heavy atom. The summed E-state index contributed by atoms with van der Waals surface area (Å²) in [6.07, 6.45) is 0.813. The topological polar surface area (TPSA) is 116 Å². The molecule has 1 unspecified atom stereocenters. The van der Waals surface area contributed by atoms with Crippen molar-refractivity contribution in [2.75, 3.05) is 20.0 Å². The summed E-state index contributed by atoms with van der Waals surface area (Å²) in [6, 6.07) is 5.44. The van der Waals surface area contributed by atoms with Crippen LogP contribution in [0.2, 0.25) is 5.02 Å².